The summed E-state index contributed by atoms with van der Waals surface area (Å²) in [5, 5.41) is 0.542. The predicted molar refractivity (Wildman–Crippen MR) is 92.2 cm³/mol. The molecule has 0 radical (unpaired) electrons. The Labute approximate surface area is 123 Å². The quantitative estimate of drug-likeness (QED) is 0.319. The van der Waals surface area contributed by atoms with Gasteiger partial charge in [0.25, 0.3) is 0 Å². The molecule has 0 aromatic carbocycles. The molecule has 1 unspecified atom stereocenters. The number of hydrogen-bond acceptors (Lipinski definition) is 6. The monoisotopic (exact) mass is 320 g/mol. The molecule has 0 saturated heterocycles. The highest BCUT2D eigenvalue weighted by Gasteiger charge is 2.14. The molecule has 0 nitrogen and oxygen atoms in total. The third-order valence-corrected chi connectivity index (χ3v) is 7.03. The van der Waals surface area contributed by atoms with Gasteiger partial charge >= 0.3 is 0 Å². The number of rotatable bonds is 10. The second kappa shape index (κ2) is 12.6. The number of hydrogen-bond donors (Lipinski definition) is 3. The van der Waals surface area contributed by atoms with E-state index in [1.165, 1.54) is 17.3 Å². The summed E-state index contributed by atoms with van der Waals surface area (Å²) in [7, 11) is 0. The predicted octanol–water partition coefficient (Wildman–Crippen LogP) is 3.69. The van der Waals surface area contributed by atoms with Crippen molar-refractivity contribution in [1.29, 1.82) is 0 Å². The van der Waals surface area contributed by atoms with Crippen LogP contribution < -0.4 is 0 Å². The molecule has 92 valence electrons. The zero-order valence-electron chi connectivity index (χ0n) is 8.96. The van der Waals surface area contributed by atoms with Gasteiger partial charge < -0.3 is 0 Å². The van der Waals surface area contributed by atoms with Crippen molar-refractivity contribution < 1.29 is 0 Å². The lowest BCUT2D eigenvalue weighted by molar-refractivity contribution is 1.11. The minimum atomic E-state index is 0.182. The number of thioether (sulfide) groups is 3. The molecule has 0 N–H and O–H groups in total. The Bertz CT molecular complexity index is 130. The van der Waals surface area contributed by atoms with E-state index in [0.29, 0.717) is 5.25 Å². The fourth-order valence-corrected chi connectivity index (χ4v) is 5.29. The lowest BCUT2D eigenvalue weighted by Crippen LogP contribution is -2.17. The van der Waals surface area contributed by atoms with Crippen molar-refractivity contribution >= 4 is 73.2 Å². The molecule has 0 heterocycles. The van der Waals surface area contributed by atoms with Gasteiger partial charge in [0.15, 0.2) is 0 Å². The first-order valence-corrected chi connectivity index (χ1v) is 9.98. The molecule has 0 aliphatic carbocycles. The summed E-state index contributed by atoms with van der Waals surface area (Å²) in [6.45, 7) is 2.21. The van der Waals surface area contributed by atoms with E-state index in [1.807, 2.05) is 35.3 Å². The highest BCUT2D eigenvalue weighted by atomic mass is 32.2. The van der Waals surface area contributed by atoms with Crippen molar-refractivity contribution in [3.63, 3.8) is 0 Å². The molecule has 0 aliphatic heterocycles. The maximum atomic E-state index is 4.41. The van der Waals surface area contributed by atoms with E-state index in [9.17, 15) is 0 Å². The molecule has 0 bridgehead atoms. The highest BCUT2D eigenvalue weighted by molar-refractivity contribution is 8.07. The average Bonchev–Trinajstić information content (AvgIpc) is 2.21. The Morgan fingerprint density at radius 1 is 1.07 bits per heavy atom. The summed E-state index contributed by atoms with van der Waals surface area (Å²) in [6, 6.07) is 0. The molecule has 0 fully saturated rings. The fourth-order valence-electron chi connectivity index (χ4n) is 0.886. The van der Waals surface area contributed by atoms with Gasteiger partial charge in [-0.2, -0.15) is 73.2 Å². The zero-order valence-corrected chi connectivity index (χ0v) is 14.1. The molecule has 0 saturated carbocycles. The summed E-state index contributed by atoms with van der Waals surface area (Å²) in [4.78, 5) is 0. The van der Waals surface area contributed by atoms with E-state index in [2.05, 4.69) is 44.8 Å². The summed E-state index contributed by atoms with van der Waals surface area (Å²) in [5.41, 5.74) is 0. The molecule has 0 aromatic rings. The minimum Gasteiger partial charge on any atom is -0.179 e. The van der Waals surface area contributed by atoms with Crippen LogP contribution in [0.4, 0.5) is 0 Å². The van der Waals surface area contributed by atoms with E-state index in [-0.39, 0.29) is 4.58 Å². The molecule has 0 amide bonds. The van der Waals surface area contributed by atoms with E-state index in [0.717, 1.165) is 17.3 Å². The second-order valence-corrected chi connectivity index (χ2v) is 8.68. The van der Waals surface area contributed by atoms with Crippen LogP contribution in [0, 0.1) is 0 Å². The first kappa shape index (κ1) is 17.1. The Morgan fingerprint density at radius 3 is 2.27 bits per heavy atom. The van der Waals surface area contributed by atoms with Crippen molar-refractivity contribution in [1.82, 2.24) is 0 Å². The molecular weight excluding hydrogens is 301 g/mol. The zero-order chi connectivity index (χ0) is 11.5. The van der Waals surface area contributed by atoms with Gasteiger partial charge in [0, 0.05) is 28.3 Å². The Balaban J connectivity index is 3.48. The minimum absolute atomic E-state index is 0.182. The van der Waals surface area contributed by atoms with Crippen LogP contribution in [0.5, 0.6) is 0 Å². The van der Waals surface area contributed by atoms with Crippen LogP contribution in [0.25, 0.3) is 0 Å². The molecule has 0 aliphatic rings. The van der Waals surface area contributed by atoms with E-state index >= 15 is 0 Å². The van der Waals surface area contributed by atoms with Crippen LogP contribution in [0.3, 0.4) is 0 Å². The smallest absolute Gasteiger partial charge is 0.0568 e. The van der Waals surface area contributed by atoms with Gasteiger partial charge in [-0.1, -0.05) is 6.92 Å². The lowest BCUT2D eigenvalue weighted by Gasteiger charge is -2.18. The van der Waals surface area contributed by atoms with E-state index in [1.54, 1.807) is 0 Å². The molecule has 6 heteroatoms. The summed E-state index contributed by atoms with van der Waals surface area (Å²) in [5.74, 6) is 6.90. The van der Waals surface area contributed by atoms with Gasteiger partial charge in [0.1, 0.15) is 0 Å². The van der Waals surface area contributed by atoms with Gasteiger partial charge in [0.05, 0.1) is 4.58 Å². The second-order valence-electron chi connectivity index (χ2n) is 2.82. The first-order chi connectivity index (χ1) is 7.22. The lowest BCUT2D eigenvalue weighted by atomic mass is 10.5. The SMILES string of the molecule is CCSCCSCC(SCCS)C(S)S. The molecular formula is C9H20S6. The standard InChI is InChI=1S/C9H20S6/c1-2-13-5-6-14-7-8(9(11)12)15-4-3-10/h8-12H,2-7H2,1H3. The third-order valence-electron chi connectivity index (χ3n) is 1.61. The average molecular weight is 321 g/mol. The molecule has 0 aromatic heterocycles. The Hall–Kier alpha value is 2.10. The number of thiol groups is 3. The van der Waals surface area contributed by atoms with E-state index < -0.39 is 0 Å². The summed E-state index contributed by atoms with van der Waals surface area (Å²) in [6.07, 6.45) is 0. The largest absolute Gasteiger partial charge is 0.179 e. The van der Waals surface area contributed by atoms with Gasteiger partial charge in [-0.15, -0.1) is 0 Å². The van der Waals surface area contributed by atoms with Crippen molar-refractivity contribution in [3.05, 3.63) is 0 Å². The maximum Gasteiger partial charge on any atom is 0.0568 e. The summed E-state index contributed by atoms with van der Waals surface area (Å²) >= 11 is 19.0. The fraction of sp³-hybridized carbons (Fsp3) is 1.00. The third kappa shape index (κ3) is 10.9. The van der Waals surface area contributed by atoms with Crippen molar-refractivity contribution in [2.24, 2.45) is 0 Å². The van der Waals surface area contributed by atoms with Crippen LogP contribution in [-0.4, -0.2) is 44.3 Å². The van der Waals surface area contributed by atoms with E-state index in [4.69, 9.17) is 0 Å². The first-order valence-electron chi connectivity index (χ1n) is 4.96. The highest BCUT2D eigenvalue weighted by Crippen LogP contribution is 2.25. The van der Waals surface area contributed by atoms with Crippen LogP contribution in [0.2, 0.25) is 0 Å². The van der Waals surface area contributed by atoms with Gasteiger partial charge in [0.2, 0.25) is 0 Å². The molecule has 1 atom stereocenters. The van der Waals surface area contributed by atoms with Crippen LogP contribution in [0.15, 0.2) is 0 Å². The van der Waals surface area contributed by atoms with Gasteiger partial charge in [-0.3, -0.25) is 0 Å². The normalized spacial score (nSPS) is 13.4. The topological polar surface area (TPSA) is 0 Å². The molecule has 15 heavy (non-hydrogen) atoms. The summed E-state index contributed by atoms with van der Waals surface area (Å²) < 4.78 is 0.182. The van der Waals surface area contributed by atoms with Crippen molar-refractivity contribution in [2.75, 3.05) is 34.5 Å². The molecule has 0 spiro atoms. The van der Waals surface area contributed by atoms with Crippen LogP contribution in [0.1, 0.15) is 6.92 Å². The maximum absolute atomic E-state index is 4.41. The Kier molecular flexibility index (Phi) is 14.3. The van der Waals surface area contributed by atoms with Crippen LogP contribution in [-0.2, 0) is 0 Å². The van der Waals surface area contributed by atoms with Crippen LogP contribution >= 0.6 is 73.2 Å². The molecule has 0 rings (SSSR count). The van der Waals surface area contributed by atoms with Crippen molar-refractivity contribution in [2.45, 2.75) is 16.8 Å². The van der Waals surface area contributed by atoms with Gasteiger partial charge in [-0.25, -0.2) is 0 Å². The van der Waals surface area contributed by atoms with Gasteiger partial charge in [-0.05, 0) is 11.5 Å². The van der Waals surface area contributed by atoms with Crippen molar-refractivity contribution in [3.8, 4) is 0 Å². The Morgan fingerprint density at radius 2 is 1.73 bits per heavy atom.